The molecule has 0 atom stereocenters. The third-order valence-electron chi connectivity index (χ3n) is 2.39. The number of carbonyl (C=O) groups is 2. The van der Waals surface area contributed by atoms with Gasteiger partial charge in [0.05, 0.1) is 7.11 Å². The number of aryl methyl sites for hydroxylation is 1. The standard InChI is InChI=1S/C15H21NO5/c1-10-6-7-11(13(17)19-5)12(8-10)20-9-16-14(18)21-15(2,3)4/h6-8H,9H2,1-5H3,(H,16,18). The van der Waals surface area contributed by atoms with E-state index in [0.717, 1.165) is 5.56 Å². The fourth-order valence-electron chi connectivity index (χ4n) is 1.51. The van der Waals surface area contributed by atoms with Crippen LogP contribution in [0.3, 0.4) is 0 Å². The SMILES string of the molecule is COC(=O)c1ccc(C)cc1OCNC(=O)OC(C)(C)C. The van der Waals surface area contributed by atoms with E-state index in [2.05, 4.69) is 10.1 Å². The average Bonchev–Trinajstić information content (AvgIpc) is 2.36. The number of hydrogen-bond donors (Lipinski definition) is 1. The van der Waals surface area contributed by atoms with E-state index >= 15 is 0 Å². The molecule has 1 N–H and O–H groups in total. The summed E-state index contributed by atoms with van der Waals surface area (Å²) in [6.45, 7) is 7.06. The lowest BCUT2D eigenvalue weighted by molar-refractivity contribution is 0.0484. The zero-order chi connectivity index (χ0) is 16.0. The summed E-state index contributed by atoms with van der Waals surface area (Å²) in [6.07, 6.45) is -0.588. The second kappa shape index (κ2) is 6.97. The maximum absolute atomic E-state index is 11.6. The molecule has 1 amide bonds. The molecule has 21 heavy (non-hydrogen) atoms. The average molecular weight is 295 g/mol. The van der Waals surface area contributed by atoms with Crippen molar-refractivity contribution in [2.75, 3.05) is 13.8 Å². The molecule has 0 spiro atoms. The first-order valence-electron chi connectivity index (χ1n) is 6.51. The van der Waals surface area contributed by atoms with E-state index < -0.39 is 17.7 Å². The molecule has 0 aromatic heterocycles. The number of esters is 1. The van der Waals surface area contributed by atoms with E-state index in [9.17, 15) is 9.59 Å². The smallest absolute Gasteiger partial charge is 0.410 e. The predicted octanol–water partition coefficient (Wildman–Crippen LogP) is 2.64. The normalized spacial score (nSPS) is 10.7. The summed E-state index contributed by atoms with van der Waals surface area (Å²) in [5, 5.41) is 2.46. The van der Waals surface area contributed by atoms with Crippen molar-refractivity contribution in [3.63, 3.8) is 0 Å². The van der Waals surface area contributed by atoms with Crippen LogP contribution in [0.2, 0.25) is 0 Å². The van der Waals surface area contributed by atoms with Crippen molar-refractivity contribution in [3.05, 3.63) is 29.3 Å². The van der Waals surface area contributed by atoms with E-state index in [4.69, 9.17) is 9.47 Å². The zero-order valence-corrected chi connectivity index (χ0v) is 13.0. The van der Waals surface area contributed by atoms with Crippen LogP contribution in [-0.4, -0.2) is 31.5 Å². The molecule has 1 aromatic carbocycles. The van der Waals surface area contributed by atoms with Crippen LogP contribution in [0, 0.1) is 6.92 Å². The molecule has 0 aliphatic rings. The van der Waals surface area contributed by atoms with Crippen LogP contribution in [-0.2, 0) is 9.47 Å². The number of ether oxygens (including phenoxy) is 3. The van der Waals surface area contributed by atoms with Gasteiger partial charge in [-0.25, -0.2) is 9.59 Å². The molecule has 0 heterocycles. The second-order valence-electron chi connectivity index (χ2n) is 5.46. The topological polar surface area (TPSA) is 73.9 Å². The third-order valence-corrected chi connectivity index (χ3v) is 2.39. The second-order valence-corrected chi connectivity index (χ2v) is 5.46. The van der Waals surface area contributed by atoms with Gasteiger partial charge in [-0.3, -0.25) is 5.32 Å². The van der Waals surface area contributed by atoms with Crippen LogP contribution in [0.25, 0.3) is 0 Å². The molecular formula is C15H21NO5. The van der Waals surface area contributed by atoms with Crippen LogP contribution < -0.4 is 10.1 Å². The first kappa shape index (κ1) is 16.8. The highest BCUT2D eigenvalue weighted by Gasteiger charge is 2.17. The lowest BCUT2D eigenvalue weighted by atomic mass is 10.1. The lowest BCUT2D eigenvalue weighted by Crippen LogP contribution is -2.34. The van der Waals surface area contributed by atoms with Crippen molar-refractivity contribution in [1.82, 2.24) is 5.32 Å². The molecule has 0 bridgehead atoms. The van der Waals surface area contributed by atoms with Gasteiger partial charge in [0.1, 0.15) is 16.9 Å². The Balaban J connectivity index is 2.65. The maximum atomic E-state index is 11.6. The minimum Gasteiger partial charge on any atom is -0.472 e. The van der Waals surface area contributed by atoms with Crippen molar-refractivity contribution in [1.29, 1.82) is 0 Å². The number of alkyl carbamates (subject to hydrolysis) is 1. The summed E-state index contributed by atoms with van der Waals surface area (Å²) in [4.78, 5) is 23.1. The van der Waals surface area contributed by atoms with Crippen LogP contribution in [0.15, 0.2) is 18.2 Å². The number of carbonyl (C=O) groups excluding carboxylic acids is 2. The quantitative estimate of drug-likeness (QED) is 0.683. The number of hydrogen-bond acceptors (Lipinski definition) is 5. The molecule has 0 unspecified atom stereocenters. The first-order valence-corrected chi connectivity index (χ1v) is 6.51. The Morgan fingerprint density at radius 2 is 1.90 bits per heavy atom. The molecule has 116 valence electrons. The summed E-state index contributed by atoms with van der Waals surface area (Å²) >= 11 is 0. The van der Waals surface area contributed by atoms with E-state index in [0.29, 0.717) is 11.3 Å². The van der Waals surface area contributed by atoms with E-state index in [1.807, 2.05) is 6.92 Å². The van der Waals surface area contributed by atoms with Crippen molar-refractivity contribution in [2.45, 2.75) is 33.3 Å². The molecule has 0 saturated carbocycles. The van der Waals surface area contributed by atoms with Gasteiger partial charge in [-0.1, -0.05) is 6.07 Å². The van der Waals surface area contributed by atoms with Crippen LogP contribution in [0.4, 0.5) is 4.79 Å². The lowest BCUT2D eigenvalue weighted by Gasteiger charge is -2.20. The summed E-state index contributed by atoms with van der Waals surface area (Å²) in [7, 11) is 1.30. The Kier molecular flexibility index (Phi) is 5.58. The van der Waals surface area contributed by atoms with Crippen LogP contribution >= 0.6 is 0 Å². The van der Waals surface area contributed by atoms with Gasteiger partial charge in [-0.2, -0.15) is 0 Å². The maximum Gasteiger partial charge on any atom is 0.410 e. The van der Waals surface area contributed by atoms with Crippen molar-refractivity contribution < 1.29 is 23.8 Å². The highest BCUT2D eigenvalue weighted by Crippen LogP contribution is 2.21. The minimum atomic E-state index is -0.588. The Bertz CT molecular complexity index is 519. The molecule has 0 radical (unpaired) electrons. The summed E-state index contributed by atoms with van der Waals surface area (Å²) in [6, 6.07) is 5.09. The molecule has 6 nitrogen and oxygen atoms in total. The molecule has 0 saturated heterocycles. The molecule has 0 fully saturated rings. The zero-order valence-electron chi connectivity index (χ0n) is 13.0. The van der Waals surface area contributed by atoms with Crippen LogP contribution in [0.5, 0.6) is 5.75 Å². The molecule has 0 aliphatic heterocycles. The number of rotatable bonds is 4. The van der Waals surface area contributed by atoms with Crippen molar-refractivity contribution in [2.24, 2.45) is 0 Å². The van der Waals surface area contributed by atoms with Gasteiger partial charge in [0.25, 0.3) is 0 Å². The number of amides is 1. The van der Waals surface area contributed by atoms with Gasteiger partial charge in [0, 0.05) is 0 Å². The predicted molar refractivity (Wildman–Crippen MR) is 77.4 cm³/mol. The number of nitrogens with one attached hydrogen (secondary N) is 1. The summed E-state index contributed by atoms with van der Waals surface area (Å²) in [5.41, 5.74) is 0.647. The molecular weight excluding hydrogens is 274 g/mol. The van der Waals surface area contributed by atoms with Gasteiger partial charge in [-0.15, -0.1) is 0 Å². The van der Waals surface area contributed by atoms with E-state index in [1.165, 1.54) is 7.11 Å². The molecule has 1 aromatic rings. The molecule has 6 heteroatoms. The van der Waals surface area contributed by atoms with Gasteiger partial charge in [0.15, 0.2) is 6.73 Å². The summed E-state index contributed by atoms with van der Waals surface area (Å²) < 4.78 is 15.2. The Labute approximate surface area is 124 Å². The largest absolute Gasteiger partial charge is 0.472 e. The fourth-order valence-corrected chi connectivity index (χ4v) is 1.51. The van der Waals surface area contributed by atoms with Gasteiger partial charge >= 0.3 is 12.1 Å². The first-order chi connectivity index (χ1) is 9.73. The third kappa shape index (κ3) is 5.72. The van der Waals surface area contributed by atoms with Gasteiger partial charge in [0.2, 0.25) is 0 Å². The van der Waals surface area contributed by atoms with Gasteiger partial charge < -0.3 is 14.2 Å². The van der Waals surface area contributed by atoms with Gasteiger partial charge in [-0.05, 0) is 45.4 Å². The van der Waals surface area contributed by atoms with Crippen LogP contribution in [0.1, 0.15) is 36.7 Å². The van der Waals surface area contributed by atoms with Crippen molar-refractivity contribution >= 4 is 12.1 Å². The monoisotopic (exact) mass is 295 g/mol. The number of methoxy groups -OCH3 is 1. The summed E-state index contributed by atoms with van der Waals surface area (Å²) in [5.74, 6) is -0.153. The highest BCUT2D eigenvalue weighted by atomic mass is 16.6. The molecule has 1 rings (SSSR count). The fraction of sp³-hybridized carbons (Fsp3) is 0.467. The van der Waals surface area contributed by atoms with Crippen molar-refractivity contribution in [3.8, 4) is 5.75 Å². The highest BCUT2D eigenvalue weighted by molar-refractivity contribution is 5.92. The Hall–Kier alpha value is -2.24. The van der Waals surface area contributed by atoms with E-state index in [1.54, 1.807) is 39.0 Å². The Morgan fingerprint density at radius 1 is 1.24 bits per heavy atom. The van der Waals surface area contributed by atoms with E-state index in [-0.39, 0.29) is 6.73 Å². The number of benzene rings is 1. The molecule has 0 aliphatic carbocycles. The Morgan fingerprint density at radius 3 is 2.48 bits per heavy atom. The minimum absolute atomic E-state index is 0.109.